The number of hydrogen-bond acceptors (Lipinski definition) is 6. The minimum atomic E-state index is -0.257. The number of nitrogens with one attached hydrogen (secondary N) is 1. The molecule has 1 amide bonds. The number of aromatic nitrogens is 2. The molecule has 0 saturated carbocycles. The summed E-state index contributed by atoms with van der Waals surface area (Å²) in [6, 6.07) is 12.7. The quantitative estimate of drug-likeness (QED) is 0.581. The number of fused-ring (bicyclic) bond motifs is 1. The zero-order valence-corrected chi connectivity index (χ0v) is 14.9. The minimum absolute atomic E-state index is 0.257. The van der Waals surface area contributed by atoms with Crippen LogP contribution < -0.4 is 10.1 Å². The third kappa shape index (κ3) is 3.15. The highest BCUT2D eigenvalue weighted by molar-refractivity contribution is 6.06. The second-order valence-electron chi connectivity index (χ2n) is 5.98. The Balaban J connectivity index is 1.69. The van der Waals surface area contributed by atoms with Gasteiger partial charge in [0.1, 0.15) is 11.4 Å². The zero-order chi connectivity index (χ0) is 18.8. The molecule has 0 saturated heterocycles. The number of para-hydroxylation sites is 1. The monoisotopic (exact) mass is 363 g/mol. The number of methoxy groups -OCH3 is 1. The molecule has 4 rings (SSSR count). The lowest BCUT2D eigenvalue weighted by molar-refractivity contribution is 0.0952. The third-order valence-corrected chi connectivity index (χ3v) is 4.27. The van der Waals surface area contributed by atoms with Crippen molar-refractivity contribution in [2.24, 2.45) is 0 Å². The third-order valence-electron chi connectivity index (χ3n) is 4.27. The van der Waals surface area contributed by atoms with E-state index in [0.29, 0.717) is 40.4 Å². The standard InChI is InChI=1S/C20H17N3O4/c1-12-18-14(19(24)21-11-13-6-3-4-7-16(13)25-2)10-15(17-8-5-9-26-17)22-20(18)27-23-12/h3-10H,11H2,1-2H3,(H,21,24). The number of amides is 1. The van der Waals surface area contributed by atoms with Gasteiger partial charge >= 0.3 is 0 Å². The van der Waals surface area contributed by atoms with Crippen LogP contribution in [0.2, 0.25) is 0 Å². The first-order valence-corrected chi connectivity index (χ1v) is 8.38. The second kappa shape index (κ2) is 6.95. The maximum absolute atomic E-state index is 12.9. The number of ether oxygens (including phenoxy) is 1. The van der Waals surface area contributed by atoms with Gasteiger partial charge in [0.15, 0.2) is 5.76 Å². The normalized spacial score (nSPS) is 10.9. The lowest BCUT2D eigenvalue weighted by atomic mass is 10.1. The van der Waals surface area contributed by atoms with Crippen LogP contribution in [0, 0.1) is 6.92 Å². The molecule has 0 aliphatic rings. The molecule has 0 spiro atoms. The average molecular weight is 363 g/mol. The number of furan rings is 1. The number of nitrogens with zero attached hydrogens (tertiary/aromatic N) is 2. The lowest BCUT2D eigenvalue weighted by Gasteiger charge is -2.10. The molecule has 0 aliphatic carbocycles. The number of benzene rings is 1. The van der Waals surface area contributed by atoms with Crippen LogP contribution in [0.15, 0.2) is 57.7 Å². The largest absolute Gasteiger partial charge is 0.496 e. The van der Waals surface area contributed by atoms with E-state index in [0.717, 1.165) is 11.3 Å². The van der Waals surface area contributed by atoms with E-state index in [9.17, 15) is 4.79 Å². The molecular formula is C20H17N3O4. The number of hydrogen-bond donors (Lipinski definition) is 1. The Bertz CT molecular complexity index is 1100. The fraction of sp³-hybridized carbons (Fsp3) is 0.150. The molecule has 1 N–H and O–H groups in total. The number of carbonyl (C=O) groups excluding carboxylic acids is 1. The van der Waals surface area contributed by atoms with Crippen LogP contribution in [-0.4, -0.2) is 23.2 Å². The molecule has 7 nitrogen and oxygen atoms in total. The first kappa shape index (κ1) is 16.8. The summed E-state index contributed by atoms with van der Waals surface area (Å²) in [5.74, 6) is 1.01. The minimum Gasteiger partial charge on any atom is -0.496 e. The van der Waals surface area contributed by atoms with Gasteiger partial charge in [0.05, 0.1) is 30.0 Å². The van der Waals surface area contributed by atoms with E-state index >= 15 is 0 Å². The first-order chi connectivity index (χ1) is 13.2. The van der Waals surface area contributed by atoms with E-state index in [1.54, 1.807) is 38.5 Å². The molecule has 0 bridgehead atoms. The fourth-order valence-corrected chi connectivity index (χ4v) is 2.94. The van der Waals surface area contributed by atoms with Gasteiger partial charge in [-0.1, -0.05) is 23.4 Å². The molecule has 0 fully saturated rings. The molecule has 3 aromatic heterocycles. The molecule has 0 aliphatic heterocycles. The molecule has 7 heteroatoms. The highest BCUT2D eigenvalue weighted by atomic mass is 16.5. The summed E-state index contributed by atoms with van der Waals surface area (Å²) >= 11 is 0. The van der Waals surface area contributed by atoms with Crippen molar-refractivity contribution in [1.82, 2.24) is 15.5 Å². The van der Waals surface area contributed by atoms with Crippen LogP contribution in [0.1, 0.15) is 21.6 Å². The maximum Gasteiger partial charge on any atom is 0.259 e. The molecule has 0 atom stereocenters. The van der Waals surface area contributed by atoms with Gasteiger partial charge in [-0.05, 0) is 31.2 Å². The summed E-state index contributed by atoms with van der Waals surface area (Å²) < 4.78 is 16.0. The topological polar surface area (TPSA) is 90.4 Å². The van der Waals surface area contributed by atoms with E-state index in [2.05, 4.69) is 15.5 Å². The van der Waals surface area contributed by atoms with Crippen LogP contribution in [0.25, 0.3) is 22.6 Å². The van der Waals surface area contributed by atoms with Gasteiger partial charge in [0.25, 0.3) is 11.6 Å². The average Bonchev–Trinajstić information content (AvgIpc) is 3.36. The zero-order valence-electron chi connectivity index (χ0n) is 14.9. The lowest BCUT2D eigenvalue weighted by Crippen LogP contribution is -2.23. The molecular weight excluding hydrogens is 346 g/mol. The Morgan fingerprint density at radius 3 is 2.85 bits per heavy atom. The molecule has 0 unspecified atom stereocenters. The smallest absolute Gasteiger partial charge is 0.259 e. The molecule has 0 radical (unpaired) electrons. The van der Waals surface area contributed by atoms with E-state index in [-0.39, 0.29) is 5.91 Å². The van der Waals surface area contributed by atoms with Crippen molar-refractivity contribution in [3.63, 3.8) is 0 Å². The van der Waals surface area contributed by atoms with E-state index in [1.165, 1.54) is 0 Å². The summed E-state index contributed by atoms with van der Waals surface area (Å²) in [6.45, 7) is 2.10. The van der Waals surface area contributed by atoms with Crippen molar-refractivity contribution >= 4 is 17.0 Å². The van der Waals surface area contributed by atoms with Gasteiger partial charge in [-0.3, -0.25) is 4.79 Å². The number of pyridine rings is 1. The summed E-state index contributed by atoms with van der Waals surface area (Å²) in [5.41, 5.74) is 2.72. The van der Waals surface area contributed by atoms with E-state index in [4.69, 9.17) is 13.7 Å². The Hall–Kier alpha value is -3.61. The maximum atomic E-state index is 12.9. The Labute approximate surface area is 154 Å². The molecule has 136 valence electrons. The summed E-state index contributed by atoms with van der Waals surface area (Å²) in [5, 5.41) is 7.45. The van der Waals surface area contributed by atoms with Crippen LogP contribution in [0.4, 0.5) is 0 Å². The Kier molecular flexibility index (Phi) is 4.33. The molecule has 27 heavy (non-hydrogen) atoms. The van der Waals surface area contributed by atoms with Crippen molar-refractivity contribution in [3.8, 4) is 17.2 Å². The van der Waals surface area contributed by atoms with Crippen molar-refractivity contribution < 1.29 is 18.5 Å². The van der Waals surface area contributed by atoms with Gasteiger partial charge in [0.2, 0.25) is 0 Å². The Morgan fingerprint density at radius 1 is 1.22 bits per heavy atom. The van der Waals surface area contributed by atoms with E-state index < -0.39 is 0 Å². The molecule has 3 heterocycles. The summed E-state index contributed by atoms with van der Waals surface area (Å²) in [4.78, 5) is 17.3. The van der Waals surface area contributed by atoms with Crippen molar-refractivity contribution in [3.05, 3.63) is 65.5 Å². The van der Waals surface area contributed by atoms with Crippen LogP contribution >= 0.6 is 0 Å². The SMILES string of the molecule is COc1ccccc1CNC(=O)c1cc(-c2ccco2)nc2onc(C)c12. The second-order valence-corrected chi connectivity index (χ2v) is 5.98. The van der Waals surface area contributed by atoms with Gasteiger partial charge in [0, 0.05) is 12.1 Å². The van der Waals surface area contributed by atoms with Gasteiger partial charge in [-0.2, -0.15) is 0 Å². The predicted octanol–water partition coefficient (Wildman–Crippen LogP) is 3.73. The van der Waals surface area contributed by atoms with Gasteiger partial charge in [-0.25, -0.2) is 4.98 Å². The van der Waals surface area contributed by atoms with Crippen molar-refractivity contribution in [2.45, 2.75) is 13.5 Å². The summed E-state index contributed by atoms with van der Waals surface area (Å²) in [6.07, 6.45) is 1.55. The number of rotatable bonds is 5. The number of aryl methyl sites for hydroxylation is 1. The first-order valence-electron chi connectivity index (χ1n) is 8.38. The Morgan fingerprint density at radius 2 is 2.07 bits per heavy atom. The van der Waals surface area contributed by atoms with Crippen LogP contribution in [-0.2, 0) is 6.54 Å². The number of carbonyl (C=O) groups is 1. The van der Waals surface area contributed by atoms with Gasteiger partial charge < -0.3 is 19.0 Å². The summed E-state index contributed by atoms with van der Waals surface area (Å²) in [7, 11) is 1.60. The molecule has 4 aromatic rings. The highest BCUT2D eigenvalue weighted by Crippen LogP contribution is 2.27. The predicted molar refractivity (Wildman–Crippen MR) is 98.4 cm³/mol. The van der Waals surface area contributed by atoms with Crippen LogP contribution in [0.3, 0.4) is 0 Å². The fourth-order valence-electron chi connectivity index (χ4n) is 2.94. The van der Waals surface area contributed by atoms with Crippen molar-refractivity contribution in [1.29, 1.82) is 0 Å². The van der Waals surface area contributed by atoms with Crippen LogP contribution in [0.5, 0.6) is 5.75 Å². The highest BCUT2D eigenvalue weighted by Gasteiger charge is 2.20. The van der Waals surface area contributed by atoms with Crippen molar-refractivity contribution in [2.75, 3.05) is 7.11 Å². The van der Waals surface area contributed by atoms with Gasteiger partial charge in [-0.15, -0.1) is 0 Å². The van der Waals surface area contributed by atoms with E-state index in [1.807, 2.05) is 24.3 Å². The molecule has 1 aromatic carbocycles.